The van der Waals surface area contributed by atoms with Crippen molar-refractivity contribution in [3.8, 4) is 6.07 Å². The van der Waals surface area contributed by atoms with Crippen molar-refractivity contribution in [3.63, 3.8) is 0 Å². The molecule has 0 radical (unpaired) electrons. The average molecular weight is 319 g/mol. The minimum Gasteiger partial charge on any atom is -0.478 e. The first kappa shape index (κ1) is 11.2. The molecule has 1 N–H and O–H groups in total. The molecule has 0 aliphatic carbocycles. The summed E-state index contributed by atoms with van der Waals surface area (Å²) in [6.45, 7) is 0. The minimum atomic E-state index is -1.09. The van der Waals surface area contributed by atoms with Crippen molar-refractivity contribution in [1.29, 1.82) is 5.26 Å². The molecule has 0 aliphatic heterocycles. The van der Waals surface area contributed by atoms with Crippen molar-refractivity contribution < 1.29 is 9.90 Å². The molecule has 0 aromatic heterocycles. The van der Waals surface area contributed by atoms with Gasteiger partial charge in [0.15, 0.2) is 0 Å². The first-order valence-corrected chi connectivity index (χ1v) is 5.53. The summed E-state index contributed by atoms with van der Waals surface area (Å²) in [4.78, 5) is 10.8. The van der Waals surface area contributed by atoms with Crippen LogP contribution in [0.4, 0.5) is 0 Å². The maximum absolute atomic E-state index is 10.8. The molecule has 3 nitrogen and oxygen atoms in total. The van der Waals surface area contributed by atoms with Crippen LogP contribution in [0.5, 0.6) is 0 Å². The Morgan fingerprint density at radius 3 is 2.64 bits per heavy atom. The number of aromatic carboxylic acids is 1. The van der Waals surface area contributed by atoms with E-state index in [0.717, 1.165) is 10.0 Å². The van der Waals surface area contributed by atoms with Gasteiger partial charge in [0.05, 0.1) is 11.1 Å². The zero-order valence-electron chi connectivity index (χ0n) is 6.92. The van der Waals surface area contributed by atoms with E-state index in [1.54, 1.807) is 0 Å². The number of alkyl halides is 1. The van der Waals surface area contributed by atoms with Crippen molar-refractivity contribution >= 4 is 37.8 Å². The fraction of sp³-hybridized carbons (Fsp3) is 0.111. The number of rotatable bonds is 2. The van der Waals surface area contributed by atoms with E-state index in [1.165, 1.54) is 12.1 Å². The van der Waals surface area contributed by atoms with Crippen molar-refractivity contribution in [2.24, 2.45) is 0 Å². The van der Waals surface area contributed by atoms with E-state index in [4.69, 9.17) is 10.4 Å². The van der Waals surface area contributed by atoms with Gasteiger partial charge in [-0.2, -0.15) is 5.26 Å². The van der Waals surface area contributed by atoms with Gasteiger partial charge < -0.3 is 5.11 Å². The van der Waals surface area contributed by atoms with Gasteiger partial charge in [-0.1, -0.05) is 31.9 Å². The monoisotopic (exact) mass is 317 g/mol. The first-order valence-electron chi connectivity index (χ1n) is 3.62. The van der Waals surface area contributed by atoms with Crippen molar-refractivity contribution in [2.45, 2.75) is 5.33 Å². The van der Waals surface area contributed by atoms with E-state index >= 15 is 0 Å². The SMILES string of the molecule is N#Cc1cc(Br)c(CBr)cc1C(=O)O. The lowest BCUT2D eigenvalue weighted by atomic mass is 10.1. The van der Waals surface area contributed by atoms with Gasteiger partial charge in [-0.25, -0.2) is 4.79 Å². The van der Waals surface area contributed by atoms with E-state index in [0.29, 0.717) is 5.33 Å². The highest BCUT2D eigenvalue weighted by Gasteiger charge is 2.12. The summed E-state index contributed by atoms with van der Waals surface area (Å²) in [5.41, 5.74) is 1.00. The molecule has 0 heterocycles. The molecule has 0 saturated carbocycles. The van der Waals surface area contributed by atoms with Crippen LogP contribution in [0, 0.1) is 11.3 Å². The van der Waals surface area contributed by atoms with Crippen LogP contribution in [0.1, 0.15) is 21.5 Å². The molecule has 1 aromatic carbocycles. The molecular formula is C9H5Br2NO2. The Hall–Kier alpha value is -0.860. The Morgan fingerprint density at radius 2 is 2.21 bits per heavy atom. The molecule has 5 heteroatoms. The summed E-state index contributed by atoms with van der Waals surface area (Å²) < 4.78 is 0.732. The Labute approximate surface area is 97.6 Å². The second kappa shape index (κ2) is 4.58. The first-order chi connectivity index (χ1) is 6.60. The standard InChI is InChI=1S/C9H5Br2NO2/c10-3-5-1-7(9(13)14)6(4-12)2-8(5)11/h1-2H,3H2,(H,13,14). The van der Waals surface area contributed by atoms with Gasteiger partial charge in [0, 0.05) is 9.80 Å². The van der Waals surface area contributed by atoms with Crippen LogP contribution in [0.15, 0.2) is 16.6 Å². The van der Waals surface area contributed by atoms with Crippen LogP contribution in [0.25, 0.3) is 0 Å². The molecule has 0 aliphatic rings. The van der Waals surface area contributed by atoms with Crippen LogP contribution >= 0.6 is 31.9 Å². The van der Waals surface area contributed by atoms with E-state index in [-0.39, 0.29) is 11.1 Å². The van der Waals surface area contributed by atoms with Crippen LogP contribution in [0.2, 0.25) is 0 Å². The summed E-state index contributed by atoms with van der Waals surface area (Å²) in [6, 6.07) is 4.84. The molecule has 0 amide bonds. The molecule has 14 heavy (non-hydrogen) atoms. The number of carboxylic acid groups (broad SMARTS) is 1. The predicted octanol–water partition coefficient (Wildman–Crippen LogP) is 2.91. The van der Waals surface area contributed by atoms with Gasteiger partial charge >= 0.3 is 5.97 Å². The van der Waals surface area contributed by atoms with E-state index in [9.17, 15) is 4.79 Å². The topological polar surface area (TPSA) is 61.1 Å². The second-order valence-corrected chi connectivity index (χ2v) is 3.95. The number of nitrogens with zero attached hydrogens (tertiary/aromatic N) is 1. The fourth-order valence-corrected chi connectivity index (χ4v) is 2.31. The zero-order chi connectivity index (χ0) is 10.7. The Bertz CT molecular complexity index is 424. The number of carbonyl (C=O) groups is 1. The van der Waals surface area contributed by atoms with Crippen molar-refractivity contribution in [1.82, 2.24) is 0 Å². The van der Waals surface area contributed by atoms with Crippen LogP contribution in [-0.4, -0.2) is 11.1 Å². The quantitative estimate of drug-likeness (QED) is 0.853. The molecule has 0 spiro atoms. The van der Waals surface area contributed by atoms with E-state index in [1.807, 2.05) is 6.07 Å². The molecule has 0 fully saturated rings. The highest BCUT2D eigenvalue weighted by molar-refractivity contribution is 9.10. The second-order valence-electron chi connectivity index (χ2n) is 2.54. The van der Waals surface area contributed by atoms with E-state index in [2.05, 4.69) is 31.9 Å². The summed E-state index contributed by atoms with van der Waals surface area (Å²) >= 11 is 6.49. The maximum atomic E-state index is 10.8. The number of hydrogen-bond donors (Lipinski definition) is 1. The third-order valence-corrected chi connectivity index (χ3v) is 3.02. The lowest BCUT2D eigenvalue weighted by Gasteiger charge is -2.04. The van der Waals surface area contributed by atoms with Crippen LogP contribution in [0.3, 0.4) is 0 Å². The van der Waals surface area contributed by atoms with Gasteiger partial charge in [-0.3, -0.25) is 0 Å². The lowest BCUT2D eigenvalue weighted by molar-refractivity contribution is 0.0696. The highest BCUT2D eigenvalue weighted by Crippen LogP contribution is 2.23. The van der Waals surface area contributed by atoms with Gasteiger partial charge in [0.2, 0.25) is 0 Å². The maximum Gasteiger partial charge on any atom is 0.337 e. The van der Waals surface area contributed by atoms with Crippen molar-refractivity contribution in [3.05, 3.63) is 33.3 Å². The van der Waals surface area contributed by atoms with E-state index < -0.39 is 5.97 Å². The van der Waals surface area contributed by atoms with Gasteiger partial charge in [0.25, 0.3) is 0 Å². The minimum absolute atomic E-state index is 0.0325. The normalized spacial score (nSPS) is 9.50. The molecule has 0 unspecified atom stereocenters. The highest BCUT2D eigenvalue weighted by atomic mass is 79.9. The number of halogens is 2. The van der Waals surface area contributed by atoms with Gasteiger partial charge in [-0.05, 0) is 17.7 Å². The van der Waals surface area contributed by atoms with Crippen LogP contribution < -0.4 is 0 Å². The summed E-state index contributed by atoms with van der Waals surface area (Å²) in [5, 5.41) is 18.1. The fourth-order valence-electron chi connectivity index (χ4n) is 0.990. The Morgan fingerprint density at radius 1 is 1.57 bits per heavy atom. The summed E-state index contributed by atoms with van der Waals surface area (Å²) in [5.74, 6) is -1.09. The smallest absolute Gasteiger partial charge is 0.337 e. The molecule has 0 atom stereocenters. The summed E-state index contributed by atoms with van der Waals surface area (Å²) in [7, 11) is 0. The van der Waals surface area contributed by atoms with Gasteiger partial charge in [0.1, 0.15) is 6.07 Å². The Kier molecular flexibility index (Phi) is 3.67. The summed E-state index contributed by atoms with van der Waals surface area (Å²) in [6.07, 6.45) is 0. The molecule has 1 aromatic rings. The number of hydrogen-bond acceptors (Lipinski definition) is 2. The number of benzene rings is 1. The number of carboxylic acids is 1. The zero-order valence-corrected chi connectivity index (χ0v) is 10.1. The van der Waals surface area contributed by atoms with Crippen molar-refractivity contribution in [2.75, 3.05) is 0 Å². The number of nitriles is 1. The third kappa shape index (κ3) is 2.14. The molecule has 0 bridgehead atoms. The average Bonchev–Trinajstić information content (AvgIpc) is 2.16. The molecule has 72 valence electrons. The molecule has 1 rings (SSSR count). The van der Waals surface area contributed by atoms with Crippen LogP contribution in [-0.2, 0) is 5.33 Å². The van der Waals surface area contributed by atoms with Gasteiger partial charge in [-0.15, -0.1) is 0 Å². The predicted molar refractivity (Wildman–Crippen MR) is 58.4 cm³/mol. The largest absolute Gasteiger partial charge is 0.478 e. The Balaban J connectivity index is 3.42. The lowest BCUT2D eigenvalue weighted by Crippen LogP contribution is -2.01. The molecule has 0 saturated heterocycles. The molecular weight excluding hydrogens is 314 g/mol. The third-order valence-electron chi connectivity index (χ3n) is 1.68.